The zero-order chi connectivity index (χ0) is 14.5. The molecule has 3 rings (SSSR count). The van der Waals surface area contributed by atoms with Gasteiger partial charge in [0.1, 0.15) is 16.5 Å². The number of likely N-dealkylation sites (tertiary alicyclic amines) is 1. The second-order valence-corrected chi connectivity index (χ2v) is 6.91. The molecule has 0 amide bonds. The van der Waals surface area contributed by atoms with Gasteiger partial charge in [0.05, 0.1) is 17.5 Å². The molecule has 1 fully saturated rings. The van der Waals surface area contributed by atoms with E-state index in [1.165, 1.54) is 10.4 Å². The molecule has 5 nitrogen and oxygen atoms in total. The minimum atomic E-state index is -0.522. The summed E-state index contributed by atoms with van der Waals surface area (Å²) >= 11 is 1.67. The monoisotopic (exact) mass is 292 g/mol. The van der Waals surface area contributed by atoms with Gasteiger partial charge in [-0.15, -0.1) is 11.3 Å². The molecule has 2 aromatic rings. The van der Waals surface area contributed by atoms with Crippen LogP contribution < -0.4 is 5.73 Å². The van der Waals surface area contributed by atoms with Crippen LogP contribution in [0.2, 0.25) is 0 Å². The second-order valence-electron chi connectivity index (χ2n) is 5.71. The van der Waals surface area contributed by atoms with E-state index in [1.807, 2.05) is 6.92 Å². The van der Waals surface area contributed by atoms with Gasteiger partial charge in [-0.05, 0) is 25.8 Å². The standard InChI is InChI=1S/C14H20N4OS/c1-4-14(19)6-18(7-14)5-10-16-12(15)11-8(2)9(3)20-13(11)17-10/h19H,4-7H2,1-3H3,(H2,15,16,17). The number of hydrogen-bond donors (Lipinski definition) is 2. The summed E-state index contributed by atoms with van der Waals surface area (Å²) in [5, 5.41) is 11.0. The van der Waals surface area contributed by atoms with E-state index in [0.29, 0.717) is 25.5 Å². The summed E-state index contributed by atoms with van der Waals surface area (Å²) in [5.41, 5.74) is 6.73. The highest BCUT2D eigenvalue weighted by molar-refractivity contribution is 7.18. The Morgan fingerprint density at radius 2 is 2.05 bits per heavy atom. The summed E-state index contributed by atoms with van der Waals surface area (Å²) in [4.78, 5) is 13.4. The first-order valence-electron chi connectivity index (χ1n) is 6.88. The van der Waals surface area contributed by atoms with Gasteiger partial charge >= 0.3 is 0 Å². The van der Waals surface area contributed by atoms with Gasteiger partial charge < -0.3 is 10.8 Å². The number of aromatic nitrogens is 2. The van der Waals surface area contributed by atoms with Crippen molar-refractivity contribution in [3.8, 4) is 0 Å². The van der Waals surface area contributed by atoms with Crippen molar-refractivity contribution in [2.24, 2.45) is 0 Å². The number of β-amino-alcohol motifs (C(OH)–C–C–N with tert-alkyl or cyclic N) is 1. The summed E-state index contributed by atoms with van der Waals surface area (Å²) in [5.74, 6) is 1.31. The normalized spacial score (nSPS) is 18.4. The molecule has 20 heavy (non-hydrogen) atoms. The van der Waals surface area contributed by atoms with Gasteiger partial charge in [-0.3, -0.25) is 4.90 Å². The van der Waals surface area contributed by atoms with Crippen LogP contribution in [0.5, 0.6) is 0 Å². The molecule has 2 aromatic heterocycles. The molecule has 0 bridgehead atoms. The highest BCUT2D eigenvalue weighted by atomic mass is 32.1. The van der Waals surface area contributed by atoms with Crippen LogP contribution in [0.25, 0.3) is 10.2 Å². The van der Waals surface area contributed by atoms with Crippen LogP contribution in [-0.4, -0.2) is 38.7 Å². The molecular formula is C14H20N4OS. The van der Waals surface area contributed by atoms with Gasteiger partial charge in [0.25, 0.3) is 0 Å². The molecule has 0 radical (unpaired) electrons. The van der Waals surface area contributed by atoms with Crippen molar-refractivity contribution in [3.63, 3.8) is 0 Å². The van der Waals surface area contributed by atoms with E-state index in [0.717, 1.165) is 22.5 Å². The summed E-state index contributed by atoms with van der Waals surface area (Å²) < 4.78 is 0. The lowest BCUT2D eigenvalue weighted by Gasteiger charge is -2.45. The maximum atomic E-state index is 10.0. The van der Waals surface area contributed by atoms with Gasteiger partial charge in [0.15, 0.2) is 0 Å². The fourth-order valence-corrected chi connectivity index (χ4v) is 3.77. The predicted octanol–water partition coefficient (Wildman–Crippen LogP) is 1.85. The molecule has 0 atom stereocenters. The van der Waals surface area contributed by atoms with Crippen LogP contribution in [0.1, 0.15) is 29.6 Å². The molecule has 1 aliphatic heterocycles. The largest absolute Gasteiger partial charge is 0.387 e. The minimum absolute atomic E-state index is 0.522. The van der Waals surface area contributed by atoms with Crippen molar-refractivity contribution >= 4 is 27.4 Å². The molecule has 6 heteroatoms. The summed E-state index contributed by atoms with van der Waals surface area (Å²) in [6.45, 7) is 8.18. The lowest BCUT2D eigenvalue weighted by Crippen LogP contribution is -2.60. The maximum Gasteiger partial charge on any atom is 0.146 e. The third kappa shape index (κ3) is 2.17. The van der Waals surface area contributed by atoms with Crippen LogP contribution in [-0.2, 0) is 6.54 Å². The Balaban J connectivity index is 1.84. The van der Waals surface area contributed by atoms with Crippen molar-refractivity contribution in [2.75, 3.05) is 18.8 Å². The van der Waals surface area contributed by atoms with Gasteiger partial charge in [-0.2, -0.15) is 0 Å². The molecule has 1 aliphatic rings. The third-order valence-electron chi connectivity index (χ3n) is 4.16. The Bertz CT molecular complexity index is 661. The number of nitrogens with zero attached hydrogens (tertiary/aromatic N) is 3. The maximum absolute atomic E-state index is 10.0. The first kappa shape index (κ1) is 13.7. The van der Waals surface area contributed by atoms with Gasteiger partial charge in [0, 0.05) is 18.0 Å². The number of anilines is 1. The number of hydrogen-bond acceptors (Lipinski definition) is 6. The molecule has 0 unspecified atom stereocenters. The smallest absolute Gasteiger partial charge is 0.146 e. The van der Waals surface area contributed by atoms with Crippen LogP contribution in [0.15, 0.2) is 0 Å². The molecule has 0 saturated carbocycles. The second kappa shape index (κ2) is 4.65. The summed E-state index contributed by atoms with van der Waals surface area (Å²) in [6, 6.07) is 0. The predicted molar refractivity (Wildman–Crippen MR) is 81.8 cm³/mol. The van der Waals surface area contributed by atoms with E-state index in [2.05, 4.69) is 28.7 Å². The Morgan fingerprint density at radius 3 is 2.70 bits per heavy atom. The Hall–Kier alpha value is -1.24. The SMILES string of the molecule is CCC1(O)CN(Cc2nc(N)c3c(C)c(C)sc3n2)C1. The lowest BCUT2D eigenvalue weighted by molar-refractivity contribution is -0.104. The van der Waals surface area contributed by atoms with Crippen molar-refractivity contribution in [2.45, 2.75) is 39.3 Å². The fraction of sp³-hybridized carbons (Fsp3) is 0.571. The number of aliphatic hydroxyl groups is 1. The van der Waals surface area contributed by atoms with Crippen molar-refractivity contribution in [3.05, 3.63) is 16.3 Å². The van der Waals surface area contributed by atoms with E-state index < -0.39 is 5.60 Å². The number of fused-ring (bicyclic) bond motifs is 1. The van der Waals surface area contributed by atoms with Crippen molar-refractivity contribution < 1.29 is 5.11 Å². The molecular weight excluding hydrogens is 272 g/mol. The number of aryl methyl sites for hydroxylation is 2. The first-order chi connectivity index (χ1) is 9.42. The van der Waals surface area contributed by atoms with Gasteiger partial charge in [0.2, 0.25) is 0 Å². The van der Waals surface area contributed by atoms with E-state index in [4.69, 9.17) is 5.73 Å². The molecule has 3 N–H and O–H groups in total. The third-order valence-corrected chi connectivity index (χ3v) is 5.26. The van der Waals surface area contributed by atoms with Crippen molar-refractivity contribution in [1.29, 1.82) is 0 Å². The van der Waals surface area contributed by atoms with Crippen molar-refractivity contribution in [1.82, 2.24) is 14.9 Å². The average Bonchev–Trinajstić information content (AvgIpc) is 2.63. The van der Waals surface area contributed by atoms with Crippen LogP contribution in [0, 0.1) is 13.8 Å². The molecule has 3 heterocycles. The van der Waals surface area contributed by atoms with E-state index in [9.17, 15) is 5.11 Å². The molecule has 1 saturated heterocycles. The summed E-state index contributed by atoms with van der Waals surface area (Å²) in [7, 11) is 0. The average molecular weight is 292 g/mol. The highest BCUT2D eigenvalue weighted by Crippen LogP contribution is 2.32. The zero-order valence-electron chi connectivity index (χ0n) is 12.1. The molecule has 108 valence electrons. The Kier molecular flexibility index (Phi) is 3.19. The summed E-state index contributed by atoms with van der Waals surface area (Å²) in [6.07, 6.45) is 0.787. The zero-order valence-corrected chi connectivity index (χ0v) is 12.9. The van der Waals surface area contributed by atoms with Crippen LogP contribution >= 0.6 is 11.3 Å². The lowest BCUT2D eigenvalue weighted by atomic mass is 9.91. The Labute approximate surface area is 122 Å². The molecule has 0 aromatic carbocycles. The van der Waals surface area contributed by atoms with E-state index in [-0.39, 0.29) is 0 Å². The number of thiophene rings is 1. The fourth-order valence-electron chi connectivity index (χ4n) is 2.72. The molecule has 0 spiro atoms. The highest BCUT2D eigenvalue weighted by Gasteiger charge is 2.39. The van der Waals surface area contributed by atoms with Gasteiger partial charge in [-0.25, -0.2) is 9.97 Å². The number of rotatable bonds is 3. The van der Waals surface area contributed by atoms with Crippen LogP contribution in [0.4, 0.5) is 5.82 Å². The van der Waals surface area contributed by atoms with Gasteiger partial charge in [-0.1, -0.05) is 6.92 Å². The van der Waals surface area contributed by atoms with Crippen LogP contribution in [0.3, 0.4) is 0 Å². The first-order valence-corrected chi connectivity index (χ1v) is 7.70. The Morgan fingerprint density at radius 1 is 1.35 bits per heavy atom. The number of nitrogens with two attached hydrogens (primary N) is 1. The minimum Gasteiger partial charge on any atom is -0.387 e. The van der Waals surface area contributed by atoms with E-state index in [1.54, 1.807) is 11.3 Å². The van der Waals surface area contributed by atoms with E-state index >= 15 is 0 Å². The topological polar surface area (TPSA) is 75.3 Å². The molecule has 0 aliphatic carbocycles. The number of nitrogen functional groups attached to an aromatic ring is 1. The quantitative estimate of drug-likeness (QED) is 0.903.